The normalized spacial score (nSPS) is 14.6. The van der Waals surface area contributed by atoms with E-state index in [0.29, 0.717) is 24.4 Å². The zero-order chi connectivity index (χ0) is 13.1. The molecule has 0 spiro atoms. The first-order valence-corrected chi connectivity index (χ1v) is 5.63. The minimum atomic E-state index is 0.0299. The van der Waals surface area contributed by atoms with Gasteiger partial charge in [-0.15, -0.1) is 0 Å². The van der Waals surface area contributed by atoms with E-state index in [4.69, 9.17) is 21.3 Å². The van der Waals surface area contributed by atoms with E-state index in [1.54, 1.807) is 18.2 Å². The molecule has 0 saturated carbocycles. The number of hydrogen-bond acceptors (Lipinski definition) is 3. The van der Waals surface area contributed by atoms with Crippen molar-refractivity contribution in [3.63, 3.8) is 0 Å². The molecule has 18 heavy (non-hydrogen) atoms. The summed E-state index contributed by atoms with van der Waals surface area (Å²) >= 11 is 0. The number of amidine groups is 2. The summed E-state index contributed by atoms with van der Waals surface area (Å²) < 4.78 is 5.28. The van der Waals surface area contributed by atoms with Crippen molar-refractivity contribution in [2.45, 2.75) is 13.0 Å². The van der Waals surface area contributed by atoms with Crippen LogP contribution in [-0.4, -0.2) is 23.7 Å². The van der Waals surface area contributed by atoms with Gasteiger partial charge < -0.3 is 15.4 Å². The molecule has 4 N–H and O–H groups in total. The second-order valence-corrected chi connectivity index (χ2v) is 4.13. The number of nitrogens with two attached hydrogens (primary N) is 1. The highest BCUT2D eigenvalue weighted by atomic mass is 16.5. The fraction of sp³-hybridized carbons (Fsp3) is 0.231. The van der Waals surface area contributed by atoms with Gasteiger partial charge in [-0.3, -0.25) is 10.8 Å². The van der Waals surface area contributed by atoms with Crippen molar-refractivity contribution in [3.05, 3.63) is 41.6 Å². The minimum absolute atomic E-state index is 0.0299. The topological polar surface area (TPSA) is 86.2 Å². The fourth-order valence-electron chi connectivity index (χ4n) is 1.92. The molecular formula is C13H16N4O. The molecule has 1 aromatic rings. The van der Waals surface area contributed by atoms with Gasteiger partial charge in [0.2, 0.25) is 0 Å². The van der Waals surface area contributed by atoms with Crippen molar-refractivity contribution in [1.82, 2.24) is 4.90 Å². The zero-order valence-electron chi connectivity index (χ0n) is 10.2. The van der Waals surface area contributed by atoms with Gasteiger partial charge in [-0.25, -0.2) is 0 Å². The Kier molecular flexibility index (Phi) is 3.32. The number of rotatable bonds is 4. The fourth-order valence-corrected chi connectivity index (χ4v) is 1.92. The van der Waals surface area contributed by atoms with Gasteiger partial charge in [0, 0.05) is 23.8 Å². The van der Waals surface area contributed by atoms with Crippen LogP contribution in [0, 0.1) is 10.8 Å². The van der Waals surface area contributed by atoms with Crippen LogP contribution >= 0.6 is 0 Å². The molecule has 2 rings (SSSR count). The molecule has 1 heterocycles. The van der Waals surface area contributed by atoms with Gasteiger partial charge in [0.15, 0.2) is 0 Å². The van der Waals surface area contributed by atoms with Crippen LogP contribution in [0.1, 0.15) is 12.0 Å². The highest BCUT2D eigenvalue weighted by molar-refractivity contribution is 6.03. The first-order chi connectivity index (χ1) is 8.61. The monoisotopic (exact) mass is 244 g/mol. The molecule has 0 fully saturated rings. The van der Waals surface area contributed by atoms with Crippen LogP contribution in [0.4, 0.5) is 0 Å². The third-order valence-corrected chi connectivity index (χ3v) is 2.90. The number of ether oxygens (including phenoxy) is 1. The van der Waals surface area contributed by atoms with Crippen molar-refractivity contribution in [3.8, 4) is 5.75 Å². The quantitative estimate of drug-likeness (QED) is 0.556. The first-order valence-electron chi connectivity index (χ1n) is 5.63. The molecular weight excluding hydrogens is 228 g/mol. The second-order valence-electron chi connectivity index (χ2n) is 4.13. The lowest BCUT2D eigenvalue weighted by atomic mass is 10.2. The van der Waals surface area contributed by atoms with Crippen molar-refractivity contribution in [2.24, 2.45) is 5.73 Å². The summed E-state index contributed by atoms with van der Waals surface area (Å²) in [6, 6.07) is 7.71. The number of hydrogen-bond donors (Lipinski definition) is 3. The van der Waals surface area contributed by atoms with Gasteiger partial charge >= 0.3 is 0 Å². The van der Waals surface area contributed by atoms with Gasteiger partial charge in [0.25, 0.3) is 0 Å². The number of nitrogens with zero attached hydrogens (tertiary/aromatic N) is 1. The van der Waals surface area contributed by atoms with E-state index in [0.717, 1.165) is 11.3 Å². The number of methoxy groups -OCH3 is 1. The maximum Gasteiger partial charge on any atom is 0.123 e. The highest BCUT2D eigenvalue weighted by Gasteiger charge is 2.20. The lowest BCUT2D eigenvalue weighted by Gasteiger charge is -2.17. The average molecular weight is 244 g/mol. The van der Waals surface area contributed by atoms with E-state index in [1.165, 1.54) is 0 Å². The Morgan fingerprint density at radius 3 is 2.78 bits per heavy atom. The smallest absolute Gasteiger partial charge is 0.123 e. The largest absolute Gasteiger partial charge is 0.496 e. The predicted octanol–water partition coefficient (Wildman–Crippen LogP) is 1.70. The summed E-state index contributed by atoms with van der Waals surface area (Å²) in [7, 11) is 1.63. The van der Waals surface area contributed by atoms with Gasteiger partial charge in [-0.2, -0.15) is 0 Å². The maximum absolute atomic E-state index is 7.89. The summed E-state index contributed by atoms with van der Waals surface area (Å²) in [4.78, 5) is 1.79. The molecule has 94 valence electrons. The number of para-hydroxylation sites is 1. The Bertz CT molecular complexity index is 521. The van der Waals surface area contributed by atoms with Crippen molar-refractivity contribution >= 4 is 11.7 Å². The molecule has 1 aliphatic heterocycles. The van der Waals surface area contributed by atoms with Crippen LogP contribution in [0.25, 0.3) is 0 Å². The Hall–Kier alpha value is -2.30. The molecule has 0 aliphatic carbocycles. The van der Waals surface area contributed by atoms with Crippen LogP contribution in [0.3, 0.4) is 0 Å². The Morgan fingerprint density at radius 1 is 1.44 bits per heavy atom. The molecule has 0 amide bonds. The van der Waals surface area contributed by atoms with E-state index in [9.17, 15) is 0 Å². The van der Waals surface area contributed by atoms with Crippen molar-refractivity contribution in [1.29, 1.82) is 10.8 Å². The van der Waals surface area contributed by atoms with E-state index in [2.05, 4.69) is 0 Å². The Morgan fingerprint density at radius 2 is 2.17 bits per heavy atom. The predicted molar refractivity (Wildman–Crippen MR) is 70.9 cm³/mol. The number of nitrogens with one attached hydrogen (secondary N) is 2. The molecule has 0 saturated heterocycles. The summed E-state index contributed by atoms with van der Waals surface area (Å²) in [6.45, 7) is 0.555. The van der Waals surface area contributed by atoms with Crippen LogP contribution in [-0.2, 0) is 6.54 Å². The summed E-state index contributed by atoms with van der Waals surface area (Å²) in [5, 5.41) is 15.3. The molecule has 0 bridgehead atoms. The molecule has 5 heteroatoms. The summed E-state index contributed by atoms with van der Waals surface area (Å²) in [5.74, 6) is 1.28. The van der Waals surface area contributed by atoms with Crippen molar-refractivity contribution < 1.29 is 4.74 Å². The standard InChI is InChI=1S/C13H16N4O/c1-18-11-5-3-2-4-9(11)7-17-8-10(13(15)16)6-12(17)14/h2-5,8,14H,6-7H2,1H3,(H3,15,16). The molecule has 0 aromatic heterocycles. The van der Waals surface area contributed by atoms with E-state index < -0.39 is 0 Å². The summed E-state index contributed by atoms with van der Waals surface area (Å²) in [6.07, 6.45) is 2.18. The molecule has 0 atom stereocenters. The molecule has 1 aliphatic rings. The van der Waals surface area contributed by atoms with Gasteiger partial charge in [-0.1, -0.05) is 18.2 Å². The average Bonchev–Trinajstić information content (AvgIpc) is 2.72. The van der Waals surface area contributed by atoms with Gasteiger partial charge in [0.1, 0.15) is 17.4 Å². The maximum atomic E-state index is 7.89. The Labute approximate surface area is 106 Å². The molecule has 5 nitrogen and oxygen atoms in total. The molecule has 0 radical (unpaired) electrons. The van der Waals surface area contributed by atoms with Crippen LogP contribution in [0.5, 0.6) is 5.75 Å². The zero-order valence-corrected chi connectivity index (χ0v) is 10.2. The second kappa shape index (κ2) is 4.91. The molecule has 1 aromatic carbocycles. The van der Waals surface area contributed by atoms with Gasteiger partial charge in [0.05, 0.1) is 13.7 Å². The van der Waals surface area contributed by atoms with Crippen LogP contribution < -0.4 is 10.5 Å². The lowest BCUT2D eigenvalue weighted by Crippen LogP contribution is -2.20. The Balaban J connectivity index is 2.19. The first kappa shape index (κ1) is 12.2. The lowest BCUT2D eigenvalue weighted by molar-refractivity contribution is 0.402. The minimum Gasteiger partial charge on any atom is -0.496 e. The number of benzene rings is 1. The third-order valence-electron chi connectivity index (χ3n) is 2.90. The third kappa shape index (κ3) is 2.34. The summed E-state index contributed by atoms with van der Waals surface area (Å²) in [5.41, 5.74) is 7.13. The van der Waals surface area contributed by atoms with Crippen LogP contribution in [0.15, 0.2) is 36.0 Å². The van der Waals surface area contributed by atoms with E-state index >= 15 is 0 Å². The van der Waals surface area contributed by atoms with Crippen molar-refractivity contribution in [2.75, 3.05) is 7.11 Å². The highest BCUT2D eigenvalue weighted by Crippen LogP contribution is 2.23. The molecule has 0 unspecified atom stereocenters. The van der Waals surface area contributed by atoms with Crippen LogP contribution in [0.2, 0.25) is 0 Å². The van der Waals surface area contributed by atoms with E-state index in [-0.39, 0.29) is 5.84 Å². The SMILES string of the molecule is COc1ccccc1CN1C=C(C(=N)N)CC1=N. The van der Waals surface area contributed by atoms with Gasteiger partial charge in [-0.05, 0) is 6.07 Å². The van der Waals surface area contributed by atoms with E-state index in [1.807, 2.05) is 24.3 Å².